The molecule has 26 heavy (non-hydrogen) atoms. The van der Waals surface area contributed by atoms with Gasteiger partial charge in [0.1, 0.15) is 18.9 Å². The summed E-state index contributed by atoms with van der Waals surface area (Å²) in [5.41, 5.74) is 1.41. The van der Waals surface area contributed by atoms with Crippen molar-refractivity contribution in [3.8, 4) is 11.5 Å². The first-order valence-corrected chi connectivity index (χ1v) is 9.38. The Morgan fingerprint density at radius 3 is 2.65 bits per heavy atom. The number of amides is 2. The Morgan fingerprint density at radius 2 is 1.92 bits per heavy atom. The zero-order valence-corrected chi connectivity index (χ0v) is 15.1. The lowest BCUT2D eigenvalue weighted by molar-refractivity contribution is -0.136. The molecule has 0 aliphatic carbocycles. The van der Waals surface area contributed by atoms with Gasteiger partial charge in [0.25, 0.3) is 11.8 Å². The van der Waals surface area contributed by atoms with Crippen molar-refractivity contribution in [3.05, 3.63) is 46.3 Å². The number of anilines is 1. The maximum absolute atomic E-state index is 12.8. The molecule has 2 aliphatic rings. The van der Waals surface area contributed by atoms with E-state index >= 15 is 0 Å². The van der Waals surface area contributed by atoms with Crippen molar-refractivity contribution in [3.63, 3.8) is 0 Å². The van der Waals surface area contributed by atoms with Gasteiger partial charge in [0.15, 0.2) is 11.5 Å². The number of thiophene rings is 1. The zero-order chi connectivity index (χ0) is 18.1. The van der Waals surface area contributed by atoms with Crippen molar-refractivity contribution in [2.75, 3.05) is 25.1 Å². The molecule has 0 radical (unpaired) electrons. The minimum atomic E-state index is -0.296. The molecule has 2 amide bonds. The third kappa shape index (κ3) is 2.84. The second-order valence-electron chi connectivity index (χ2n) is 5.97. The molecular weight excluding hydrogens is 352 g/mol. The van der Waals surface area contributed by atoms with Gasteiger partial charge in [0.2, 0.25) is 0 Å². The molecule has 0 saturated carbocycles. The molecule has 0 fully saturated rings. The van der Waals surface area contributed by atoms with Crippen LogP contribution in [0, 0.1) is 0 Å². The molecule has 0 bridgehead atoms. The van der Waals surface area contributed by atoms with Crippen LogP contribution in [-0.2, 0) is 9.59 Å². The summed E-state index contributed by atoms with van der Waals surface area (Å²) < 4.78 is 11.1. The highest BCUT2D eigenvalue weighted by Crippen LogP contribution is 2.36. The van der Waals surface area contributed by atoms with Gasteiger partial charge in [-0.1, -0.05) is 13.0 Å². The smallest absolute Gasteiger partial charge is 0.278 e. The summed E-state index contributed by atoms with van der Waals surface area (Å²) in [6.45, 7) is 3.35. The van der Waals surface area contributed by atoms with Crippen LogP contribution < -0.4 is 14.8 Å². The van der Waals surface area contributed by atoms with Gasteiger partial charge in [-0.3, -0.25) is 14.5 Å². The molecule has 2 aromatic rings. The average Bonchev–Trinajstić information content (AvgIpc) is 3.25. The molecule has 1 aromatic carbocycles. The number of hydrogen-bond acceptors (Lipinski definition) is 6. The third-order valence-electron chi connectivity index (χ3n) is 4.19. The Kier molecular flexibility index (Phi) is 4.38. The maximum atomic E-state index is 12.8. The van der Waals surface area contributed by atoms with E-state index in [4.69, 9.17) is 9.47 Å². The van der Waals surface area contributed by atoms with E-state index in [1.54, 1.807) is 12.1 Å². The summed E-state index contributed by atoms with van der Waals surface area (Å²) in [6, 6.07) is 9.12. The number of ether oxygens (including phenoxy) is 2. The SMILES string of the molecule is CCCN1C(=O)C(Nc2ccc3c(c2)OCCO3)=C(c2cccs2)C1=O. The second kappa shape index (κ2) is 6.84. The van der Waals surface area contributed by atoms with Gasteiger partial charge < -0.3 is 14.8 Å². The number of carbonyl (C=O) groups excluding carboxylic acids is 2. The molecule has 0 atom stereocenters. The largest absolute Gasteiger partial charge is 0.486 e. The number of hydrogen-bond donors (Lipinski definition) is 1. The molecule has 6 nitrogen and oxygen atoms in total. The monoisotopic (exact) mass is 370 g/mol. The van der Waals surface area contributed by atoms with Crippen LogP contribution in [0.5, 0.6) is 11.5 Å². The minimum absolute atomic E-state index is 0.251. The van der Waals surface area contributed by atoms with E-state index in [0.29, 0.717) is 54.6 Å². The lowest BCUT2D eigenvalue weighted by Crippen LogP contribution is -2.33. The fourth-order valence-corrected chi connectivity index (χ4v) is 3.80. The van der Waals surface area contributed by atoms with Crippen LogP contribution in [0.2, 0.25) is 0 Å². The first-order chi connectivity index (χ1) is 12.7. The number of rotatable bonds is 5. The third-order valence-corrected chi connectivity index (χ3v) is 5.08. The molecule has 7 heteroatoms. The molecule has 3 heterocycles. The molecule has 1 aromatic heterocycles. The van der Waals surface area contributed by atoms with E-state index in [1.165, 1.54) is 16.2 Å². The summed E-state index contributed by atoms with van der Waals surface area (Å²) >= 11 is 1.44. The zero-order valence-electron chi connectivity index (χ0n) is 14.3. The van der Waals surface area contributed by atoms with Crippen LogP contribution in [0.1, 0.15) is 18.2 Å². The predicted molar refractivity (Wildman–Crippen MR) is 99.3 cm³/mol. The molecule has 134 valence electrons. The van der Waals surface area contributed by atoms with Crippen molar-refractivity contribution in [1.82, 2.24) is 4.90 Å². The summed E-state index contributed by atoms with van der Waals surface area (Å²) in [5, 5.41) is 5.03. The number of benzene rings is 1. The van der Waals surface area contributed by atoms with Crippen LogP contribution in [-0.4, -0.2) is 36.5 Å². The molecule has 0 unspecified atom stereocenters. The number of fused-ring (bicyclic) bond motifs is 1. The summed E-state index contributed by atoms with van der Waals surface area (Å²) in [5.74, 6) is 0.756. The van der Waals surface area contributed by atoms with Crippen molar-refractivity contribution in [2.45, 2.75) is 13.3 Å². The molecule has 1 N–H and O–H groups in total. The Hall–Kier alpha value is -2.80. The lowest BCUT2D eigenvalue weighted by atomic mass is 10.1. The predicted octanol–water partition coefficient (Wildman–Crippen LogP) is 3.12. The summed E-state index contributed by atoms with van der Waals surface area (Å²) in [4.78, 5) is 27.7. The summed E-state index contributed by atoms with van der Waals surface area (Å²) in [7, 11) is 0. The Balaban J connectivity index is 1.71. The van der Waals surface area contributed by atoms with Crippen molar-refractivity contribution < 1.29 is 19.1 Å². The van der Waals surface area contributed by atoms with Crippen LogP contribution in [0.4, 0.5) is 5.69 Å². The highest BCUT2D eigenvalue weighted by atomic mass is 32.1. The van der Waals surface area contributed by atoms with E-state index in [-0.39, 0.29) is 11.8 Å². The second-order valence-corrected chi connectivity index (χ2v) is 6.92. The van der Waals surface area contributed by atoms with Crippen molar-refractivity contribution in [2.24, 2.45) is 0 Å². The average molecular weight is 370 g/mol. The Bertz CT molecular complexity index is 889. The van der Waals surface area contributed by atoms with Gasteiger partial charge in [-0.25, -0.2) is 0 Å². The topological polar surface area (TPSA) is 67.9 Å². The number of imide groups is 1. The molecular formula is C19H18N2O4S. The minimum Gasteiger partial charge on any atom is -0.486 e. The molecule has 4 rings (SSSR count). The highest BCUT2D eigenvalue weighted by Gasteiger charge is 2.39. The van der Waals surface area contributed by atoms with E-state index < -0.39 is 0 Å². The van der Waals surface area contributed by atoms with Crippen LogP contribution in [0.25, 0.3) is 5.57 Å². The fourth-order valence-electron chi connectivity index (χ4n) is 3.03. The van der Waals surface area contributed by atoms with E-state index in [2.05, 4.69) is 5.32 Å². The number of carbonyl (C=O) groups is 2. The van der Waals surface area contributed by atoms with Crippen LogP contribution in [0.3, 0.4) is 0 Å². The molecule has 0 saturated heterocycles. The van der Waals surface area contributed by atoms with E-state index in [9.17, 15) is 9.59 Å². The van der Waals surface area contributed by atoms with Gasteiger partial charge in [-0.05, 0) is 30.0 Å². The van der Waals surface area contributed by atoms with Crippen LogP contribution in [0.15, 0.2) is 41.4 Å². The fraction of sp³-hybridized carbons (Fsp3) is 0.263. The van der Waals surface area contributed by atoms with Gasteiger partial charge in [0.05, 0.1) is 5.57 Å². The first-order valence-electron chi connectivity index (χ1n) is 8.50. The number of nitrogens with zero attached hydrogens (tertiary/aromatic N) is 1. The standard InChI is InChI=1S/C19H18N2O4S/c1-2-7-21-18(22)16(15-4-3-10-26-15)17(19(21)23)20-12-5-6-13-14(11-12)25-9-8-24-13/h3-6,10-11,20H,2,7-9H2,1H3. The van der Waals surface area contributed by atoms with E-state index in [1.807, 2.05) is 30.5 Å². The maximum Gasteiger partial charge on any atom is 0.278 e. The quantitative estimate of drug-likeness (QED) is 0.819. The van der Waals surface area contributed by atoms with Gasteiger partial charge >= 0.3 is 0 Å². The van der Waals surface area contributed by atoms with Gasteiger partial charge in [-0.15, -0.1) is 11.3 Å². The highest BCUT2D eigenvalue weighted by molar-refractivity contribution is 7.11. The van der Waals surface area contributed by atoms with E-state index in [0.717, 1.165) is 4.88 Å². The van der Waals surface area contributed by atoms with Crippen LogP contribution >= 0.6 is 11.3 Å². The lowest BCUT2D eigenvalue weighted by Gasteiger charge is -2.19. The normalized spacial score (nSPS) is 16.4. The Labute approximate surface area is 155 Å². The van der Waals surface area contributed by atoms with Crippen molar-refractivity contribution in [1.29, 1.82) is 0 Å². The number of nitrogens with one attached hydrogen (secondary N) is 1. The Morgan fingerprint density at radius 1 is 1.12 bits per heavy atom. The molecule has 0 spiro atoms. The van der Waals surface area contributed by atoms with Gasteiger partial charge in [0, 0.05) is 23.2 Å². The summed E-state index contributed by atoms with van der Waals surface area (Å²) in [6.07, 6.45) is 0.715. The van der Waals surface area contributed by atoms with Crippen molar-refractivity contribution >= 4 is 34.4 Å². The van der Waals surface area contributed by atoms with Gasteiger partial charge in [-0.2, -0.15) is 0 Å². The molecule has 2 aliphatic heterocycles. The first kappa shape index (κ1) is 16.7.